The van der Waals surface area contributed by atoms with Crippen LogP contribution in [-0.4, -0.2) is 26.4 Å². The lowest BCUT2D eigenvalue weighted by molar-refractivity contribution is 0.0821. The highest BCUT2D eigenvalue weighted by Crippen LogP contribution is 2.36. The fraction of sp³-hybridized carbons (Fsp3) is 0.174. The van der Waals surface area contributed by atoms with Crippen molar-refractivity contribution in [2.24, 2.45) is 0 Å². The van der Waals surface area contributed by atoms with E-state index in [0.29, 0.717) is 18.9 Å². The van der Waals surface area contributed by atoms with Crippen molar-refractivity contribution in [1.29, 1.82) is 0 Å². The van der Waals surface area contributed by atoms with Crippen molar-refractivity contribution in [2.45, 2.75) is 23.6 Å². The van der Waals surface area contributed by atoms with Crippen LogP contribution >= 0.6 is 23.1 Å². The number of aromatic nitrogens is 4. The number of nitrogens with zero attached hydrogens (tertiary/aromatic N) is 4. The average molecular weight is 449 g/mol. The van der Waals surface area contributed by atoms with Crippen LogP contribution in [0.2, 0.25) is 0 Å². The molecule has 5 rings (SSSR count). The number of hydrogen-bond acceptors (Lipinski definition) is 7. The topological polar surface area (TPSA) is 62.1 Å². The Morgan fingerprint density at radius 1 is 1.10 bits per heavy atom. The van der Waals surface area contributed by atoms with Crippen molar-refractivity contribution in [2.75, 3.05) is 6.61 Å². The maximum atomic E-state index is 6.13. The summed E-state index contributed by atoms with van der Waals surface area (Å²) >= 11 is 3.26. The van der Waals surface area contributed by atoms with E-state index in [1.165, 1.54) is 0 Å². The fourth-order valence-electron chi connectivity index (χ4n) is 3.32. The Kier molecular flexibility index (Phi) is 5.73. The van der Waals surface area contributed by atoms with E-state index in [1.807, 2.05) is 53.1 Å². The molecule has 0 unspecified atom stereocenters. The molecule has 6 nitrogen and oxygen atoms in total. The van der Waals surface area contributed by atoms with Gasteiger partial charge in [0.2, 0.25) is 0 Å². The maximum Gasteiger partial charge on any atom is 0.192 e. The summed E-state index contributed by atoms with van der Waals surface area (Å²) < 4.78 is 14.0. The number of thiazole rings is 1. The molecule has 4 aromatic rings. The molecule has 0 spiro atoms. The van der Waals surface area contributed by atoms with Gasteiger partial charge in [-0.05, 0) is 12.1 Å². The normalized spacial score (nSPS) is 15.0. The van der Waals surface area contributed by atoms with Gasteiger partial charge in [0.1, 0.15) is 11.6 Å². The predicted octanol–water partition coefficient (Wildman–Crippen LogP) is 5.39. The molecule has 2 aromatic heterocycles. The smallest absolute Gasteiger partial charge is 0.192 e. The van der Waals surface area contributed by atoms with Gasteiger partial charge >= 0.3 is 0 Å². The summed E-state index contributed by atoms with van der Waals surface area (Å²) in [6.45, 7) is 4.87. The van der Waals surface area contributed by atoms with Crippen LogP contribution in [0.15, 0.2) is 77.8 Å². The first-order valence-electron chi connectivity index (χ1n) is 9.87. The summed E-state index contributed by atoms with van der Waals surface area (Å²) in [5, 5.41) is 12.8. The van der Waals surface area contributed by atoms with Gasteiger partial charge in [-0.15, -0.1) is 28.1 Å². The molecule has 0 N–H and O–H groups in total. The van der Waals surface area contributed by atoms with E-state index in [0.717, 1.165) is 38.7 Å². The number of para-hydroxylation sites is 2. The Morgan fingerprint density at radius 3 is 2.74 bits per heavy atom. The van der Waals surface area contributed by atoms with E-state index in [-0.39, 0.29) is 6.10 Å². The second-order valence-electron chi connectivity index (χ2n) is 6.90. The summed E-state index contributed by atoms with van der Waals surface area (Å²) in [4.78, 5) is 4.77. The Morgan fingerprint density at radius 2 is 1.90 bits per heavy atom. The minimum atomic E-state index is -0.319. The first-order chi connectivity index (χ1) is 15.3. The third-order valence-corrected chi connectivity index (χ3v) is 6.72. The Labute approximate surface area is 188 Å². The maximum absolute atomic E-state index is 6.13. The van der Waals surface area contributed by atoms with Gasteiger partial charge in [-0.25, -0.2) is 4.98 Å². The summed E-state index contributed by atoms with van der Waals surface area (Å²) in [6, 6.07) is 17.9. The molecular formula is C23H20N4O2S2. The predicted molar refractivity (Wildman–Crippen MR) is 123 cm³/mol. The zero-order valence-corrected chi connectivity index (χ0v) is 18.3. The first kappa shape index (κ1) is 19.8. The van der Waals surface area contributed by atoms with Gasteiger partial charge in [0.15, 0.2) is 28.6 Å². The lowest BCUT2D eigenvalue weighted by Crippen LogP contribution is -2.25. The number of thioether (sulfide) groups is 1. The number of fused-ring (bicyclic) bond motifs is 1. The van der Waals surface area contributed by atoms with Crippen LogP contribution in [0.4, 0.5) is 0 Å². The van der Waals surface area contributed by atoms with Gasteiger partial charge in [-0.3, -0.25) is 4.57 Å². The van der Waals surface area contributed by atoms with Crippen LogP contribution in [-0.2, 0) is 12.3 Å². The summed E-state index contributed by atoms with van der Waals surface area (Å²) in [5.41, 5.74) is 2.16. The Hall–Kier alpha value is -3.10. The molecule has 1 aliphatic heterocycles. The first-order valence-corrected chi connectivity index (χ1v) is 11.7. The van der Waals surface area contributed by atoms with Gasteiger partial charge in [0.05, 0.1) is 5.69 Å². The molecule has 8 heteroatoms. The highest BCUT2D eigenvalue weighted by molar-refractivity contribution is 7.98. The highest BCUT2D eigenvalue weighted by Gasteiger charge is 2.28. The molecule has 31 heavy (non-hydrogen) atoms. The minimum absolute atomic E-state index is 0.319. The lowest BCUT2D eigenvalue weighted by atomic mass is 10.2. The van der Waals surface area contributed by atoms with Crippen molar-refractivity contribution < 1.29 is 9.47 Å². The number of hydrogen-bond donors (Lipinski definition) is 0. The zero-order valence-electron chi connectivity index (χ0n) is 16.7. The van der Waals surface area contributed by atoms with Crippen LogP contribution in [0, 0.1) is 0 Å². The molecule has 1 aliphatic rings. The van der Waals surface area contributed by atoms with E-state index >= 15 is 0 Å². The summed E-state index contributed by atoms with van der Waals surface area (Å²) in [6.07, 6.45) is 1.52. The van der Waals surface area contributed by atoms with E-state index < -0.39 is 0 Å². The van der Waals surface area contributed by atoms with Crippen molar-refractivity contribution in [3.8, 4) is 22.1 Å². The molecule has 1 atom stereocenters. The molecule has 0 fully saturated rings. The van der Waals surface area contributed by atoms with Crippen LogP contribution in [0.5, 0.6) is 11.5 Å². The molecule has 2 aromatic carbocycles. The monoisotopic (exact) mass is 448 g/mol. The van der Waals surface area contributed by atoms with Gasteiger partial charge in [-0.1, -0.05) is 60.3 Å². The lowest BCUT2D eigenvalue weighted by Gasteiger charge is -2.26. The minimum Gasteiger partial charge on any atom is -0.485 e. The molecule has 0 amide bonds. The van der Waals surface area contributed by atoms with Gasteiger partial charge in [-0.2, -0.15) is 0 Å². The Bertz CT molecular complexity index is 1190. The second-order valence-corrected chi connectivity index (χ2v) is 8.70. The van der Waals surface area contributed by atoms with Crippen LogP contribution in [0.1, 0.15) is 17.6 Å². The number of allylic oxidation sites excluding steroid dienone is 1. The van der Waals surface area contributed by atoms with Crippen LogP contribution < -0.4 is 9.47 Å². The van der Waals surface area contributed by atoms with Gasteiger partial charge < -0.3 is 9.47 Å². The van der Waals surface area contributed by atoms with Gasteiger partial charge in [0.25, 0.3) is 0 Å². The highest BCUT2D eigenvalue weighted by atomic mass is 32.2. The molecular weight excluding hydrogens is 428 g/mol. The summed E-state index contributed by atoms with van der Waals surface area (Å²) in [5.74, 6) is 2.92. The van der Waals surface area contributed by atoms with E-state index in [4.69, 9.17) is 14.5 Å². The van der Waals surface area contributed by atoms with Crippen molar-refractivity contribution in [3.05, 3.63) is 84.2 Å². The second kappa shape index (κ2) is 8.95. The average Bonchev–Trinajstić information content (AvgIpc) is 3.45. The third-order valence-electron chi connectivity index (χ3n) is 4.78. The van der Waals surface area contributed by atoms with Crippen molar-refractivity contribution in [1.82, 2.24) is 19.7 Å². The molecule has 0 saturated carbocycles. The zero-order chi connectivity index (χ0) is 21.0. The Balaban J connectivity index is 1.32. The number of benzene rings is 2. The van der Waals surface area contributed by atoms with Crippen LogP contribution in [0.25, 0.3) is 10.6 Å². The van der Waals surface area contributed by atoms with E-state index in [1.54, 1.807) is 23.1 Å². The molecule has 0 radical (unpaired) electrons. The van der Waals surface area contributed by atoms with Crippen molar-refractivity contribution >= 4 is 23.1 Å². The van der Waals surface area contributed by atoms with Crippen LogP contribution in [0.3, 0.4) is 0 Å². The SMILES string of the molecule is C=CCn1c(SCc2csc(-c3ccccc3)n2)nnc1[C@H]1COc2ccccc2O1. The van der Waals surface area contributed by atoms with E-state index in [9.17, 15) is 0 Å². The summed E-state index contributed by atoms with van der Waals surface area (Å²) in [7, 11) is 0. The standard InChI is InChI=1S/C23H20N4O2S2/c1-2-12-27-21(20-13-28-18-10-6-7-11-19(18)29-20)25-26-23(27)31-15-17-14-30-22(24-17)16-8-4-3-5-9-16/h2-11,14,20H,1,12-13,15H2/t20-/m1/s1. The molecule has 0 saturated heterocycles. The largest absolute Gasteiger partial charge is 0.485 e. The third kappa shape index (κ3) is 4.22. The quantitative estimate of drug-likeness (QED) is 0.279. The number of ether oxygens (including phenoxy) is 2. The van der Waals surface area contributed by atoms with E-state index in [2.05, 4.69) is 34.3 Å². The molecule has 156 valence electrons. The molecule has 0 aliphatic carbocycles. The fourth-order valence-corrected chi connectivity index (χ4v) is 5.10. The number of rotatable bonds is 7. The van der Waals surface area contributed by atoms with Gasteiger partial charge in [0, 0.05) is 23.2 Å². The molecule has 0 bridgehead atoms. The molecule has 3 heterocycles. The van der Waals surface area contributed by atoms with Crippen molar-refractivity contribution in [3.63, 3.8) is 0 Å².